The first-order valence-electron chi connectivity index (χ1n) is 8.56. The molecule has 1 aromatic carbocycles. The maximum absolute atomic E-state index is 9.07. The van der Waals surface area contributed by atoms with Crippen LogP contribution in [-0.4, -0.2) is 29.0 Å². The van der Waals surface area contributed by atoms with Gasteiger partial charge in [-0.25, -0.2) is 4.98 Å². The predicted octanol–water partition coefficient (Wildman–Crippen LogP) is 4.02. The molecule has 4 rings (SSSR count). The molecule has 0 radical (unpaired) electrons. The number of nitrogens with zero attached hydrogens (tertiary/aromatic N) is 3. The fraction of sp³-hybridized carbons (Fsp3) is 0.474. The number of hydrogen-bond donors (Lipinski definition) is 0. The van der Waals surface area contributed by atoms with Crippen LogP contribution in [0.15, 0.2) is 24.3 Å². The van der Waals surface area contributed by atoms with Crippen molar-refractivity contribution in [3.8, 4) is 16.6 Å². The molecule has 2 aromatic rings. The van der Waals surface area contributed by atoms with Crippen LogP contribution in [0.1, 0.15) is 41.8 Å². The van der Waals surface area contributed by atoms with E-state index in [1.807, 2.05) is 29.5 Å². The number of fused-ring (bicyclic) bond motifs is 1. The minimum absolute atomic E-state index is 0.709. The summed E-state index contributed by atoms with van der Waals surface area (Å²) in [4.78, 5) is 9.04. The summed E-state index contributed by atoms with van der Waals surface area (Å²) in [6, 6.07) is 10.8. The van der Waals surface area contributed by atoms with E-state index in [1.165, 1.54) is 42.8 Å². The maximum Gasteiger partial charge on any atom is 0.123 e. The number of hydrogen-bond acceptors (Lipinski definition) is 4. The number of nitriles is 1. The van der Waals surface area contributed by atoms with Crippen LogP contribution in [0.25, 0.3) is 10.6 Å². The van der Waals surface area contributed by atoms with Crippen molar-refractivity contribution in [2.75, 3.05) is 13.1 Å². The molecule has 23 heavy (non-hydrogen) atoms. The van der Waals surface area contributed by atoms with E-state index >= 15 is 0 Å². The van der Waals surface area contributed by atoms with E-state index < -0.39 is 0 Å². The first-order chi connectivity index (χ1) is 11.3. The Labute approximate surface area is 141 Å². The summed E-state index contributed by atoms with van der Waals surface area (Å²) >= 11 is 1.82. The van der Waals surface area contributed by atoms with E-state index in [4.69, 9.17) is 10.2 Å². The van der Waals surface area contributed by atoms with Crippen molar-refractivity contribution in [1.29, 1.82) is 5.26 Å². The van der Waals surface area contributed by atoms with E-state index in [0.29, 0.717) is 5.56 Å². The first-order valence-corrected chi connectivity index (χ1v) is 9.38. The number of thiazole rings is 1. The lowest BCUT2D eigenvalue weighted by atomic mass is 10.1. The Balaban J connectivity index is 1.53. The zero-order chi connectivity index (χ0) is 15.6. The molecule has 1 saturated carbocycles. The molecule has 3 nitrogen and oxygen atoms in total. The average Bonchev–Trinajstić information content (AvgIpc) is 3.22. The van der Waals surface area contributed by atoms with Crippen molar-refractivity contribution >= 4 is 11.3 Å². The van der Waals surface area contributed by atoms with Gasteiger partial charge in [0.25, 0.3) is 0 Å². The number of benzene rings is 1. The molecular formula is C19H21N3S. The highest BCUT2D eigenvalue weighted by atomic mass is 32.1. The molecule has 0 saturated heterocycles. The molecule has 0 unspecified atom stereocenters. The molecule has 1 aliphatic carbocycles. The molecular weight excluding hydrogens is 302 g/mol. The summed E-state index contributed by atoms with van der Waals surface area (Å²) in [5.41, 5.74) is 3.07. The molecule has 0 bridgehead atoms. The topological polar surface area (TPSA) is 39.9 Å². The van der Waals surface area contributed by atoms with Gasteiger partial charge in [0.05, 0.1) is 17.3 Å². The summed E-state index contributed by atoms with van der Waals surface area (Å²) in [6.07, 6.45) is 7.77. The van der Waals surface area contributed by atoms with E-state index in [2.05, 4.69) is 17.0 Å². The quantitative estimate of drug-likeness (QED) is 0.838. The van der Waals surface area contributed by atoms with Gasteiger partial charge >= 0.3 is 0 Å². The summed E-state index contributed by atoms with van der Waals surface area (Å²) < 4.78 is 0. The van der Waals surface area contributed by atoms with Crippen LogP contribution in [0, 0.1) is 11.3 Å². The molecule has 2 aliphatic rings. The SMILES string of the molecule is N#Cc1cccc(-c2nc3c(s2)CCN(C2CCCC2)CC3)c1. The van der Waals surface area contributed by atoms with Crippen molar-refractivity contribution in [1.82, 2.24) is 9.88 Å². The fourth-order valence-electron chi connectivity index (χ4n) is 3.86. The third-order valence-corrected chi connectivity index (χ3v) is 6.33. The van der Waals surface area contributed by atoms with Crippen LogP contribution in [0.5, 0.6) is 0 Å². The first kappa shape index (κ1) is 14.9. The fourth-order valence-corrected chi connectivity index (χ4v) is 4.95. The highest BCUT2D eigenvalue weighted by molar-refractivity contribution is 7.15. The van der Waals surface area contributed by atoms with Crippen LogP contribution in [0.2, 0.25) is 0 Å². The Morgan fingerprint density at radius 2 is 2.00 bits per heavy atom. The summed E-state index contributed by atoms with van der Waals surface area (Å²) in [7, 11) is 0. The van der Waals surface area contributed by atoms with Crippen LogP contribution in [0.4, 0.5) is 0 Å². The second-order valence-electron chi connectivity index (χ2n) is 6.56. The second kappa shape index (κ2) is 6.43. The van der Waals surface area contributed by atoms with Gasteiger partial charge in [0.15, 0.2) is 0 Å². The smallest absolute Gasteiger partial charge is 0.123 e. The molecule has 0 spiro atoms. The zero-order valence-electron chi connectivity index (χ0n) is 13.3. The highest BCUT2D eigenvalue weighted by Crippen LogP contribution is 2.32. The van der Waals surface area contributed by atoms with Crippen molar-refractivity contribution in [2.45, 2.75) is 44.6 Å². The van der Waals surface area contributed by atoms with Crippen LogP contribution < -0.4 is 0 Å². The molecule has 4 heteroatoms. The molecule has 118 valence electrons. The zero-order valence-corrected chi connectivity index (χ0v) is 14.1. The van der Waals surface area contributed by atoms with Crippen molar-refractivity contribution in [3.63, 3.8) is 0 Å². The van der Waals surface area contributed by atoms with E-state index in [1.54, 1.807) is 0 Å². The maximum atomic E-state index is 9.07. The van der Waals surface area contributed by atoms with Crippen molar-refractivity contribution < 1.29 is 0 Å². The molecule has 0 N–H and O–H groups in total. The Morgan fingerprint density at radius 1 is 1.17 bits per heavy atom. The van der Waals surface area contributed by atoms with Crippen LogP contribution >= 0.6 is 11.3 Å². The van der Waals surface area contributed by atoms with Crippen LogP contribution in [0.3, 0.4) is 0 Å². The normalized spacial score (nSPS) is 19.3. The number of rotatable bonds is 2. The minimum atomic E-state index is 0.709. The third kappa shape index (κ3) is 3.04. The predicted molar refractivity (Wildman–Crippen MR) is 93.5 cm³/mol. The lowest BCUT2D eigenvalue weighted by Gasteiger charge is -2.26. The van der Waals surface area contributed by atoms with Gasteiger partial charge in [-0.2, -0.15) is 5.26 Å². The largest absolute Gasteiger partial charge is 0.300 e. The van der Waals surface area contributed by atoms with E-state index in [0.717, 1.165) is 36.0 Å². The minimum Gasteiger partial charge on any atom is -0.300 e. The van der Waals surface area contributed by atoms with E-state index in [-0.39, 0.29) is 0 Å². The number of aromatic nitrogens is 1. The highest BCUT2D eigenvalue weighted by Gasteiger charge is 2.26. The van der Waals surface area contributed by atoms with Gasteiger partial charge in [-0.3, -0.25) is 4.90 Å². The molecule has 0 atom stereocenters. The molecule has 1 aliphatic heterocycles. The summed E-state index contributed by atoms with van der Waals surface area (Å²) in [6.45, 7) is 2.33. The third-order valence-electron chi connectivity index (χ3n) is 5.12. The van der Waals surface area contributed by atoms with Crippen molar-refractivity contribution in [3.05, 3.63) is 40.4 Å². The van der Waals surface area contributed by atoms with Gasteiger partial charge in [-0.1, -0.05) is 25.0 Å². The Kier molecular flexibility index (Phi) is 4.15. The average molecular weight is 323 g/mol. The lowest BCUT2D eigenvalue weighted by Crippen LogP contribution is -2.35. The van der Waals surface area contributed by atoms with Gasteiger partial charge in [0, 0.05) is 36.0 Å². The molecule has 2 heterocycles. The summed E-state index contributed by atoms with van der Waals surface area (Å²) in [5.74, 6) is 0. The van der Waals surface area contributed by atoms with E-state index in [9.17, 15) is 0 Å². The molecule has 1 fully saturated rings. The Morgan fingerprint density at radius 3 is 2.83 bits per heavy atom. The van der Waals surface area contributed by atoms with Crippen molar-refractivity contribution in [2.24, 2.45) is 0 Å². The molecule has 0 amide bonds. The monoisotopic (exact) mass is 323 g/mol. The Bertz CT molecular complexity index is 712. The lowest BCUT2D eigenvalue weighted by molar-refractivity contribution is 0.208. The standard InChI is InChI=1S/C19H21N3S/c20-13-14-4-3-5-15(12-14)19-21-17-8-10-22(11-9-18(17)23-19)16-6-1-2-7-16/h3-5,12,16H,1-2,6-11H2. The molecule has 1 aromatic heterocycles. The summed E-state index contributed by atoms with van der Waals surface area (Å²) in [5, 5.41) is 10.1. The van der Waals surface area contributed by atoms with Gasteiger partial charge in [-0.15, -0.1) is 11.3 Å². The van der Waals surface area contributed by atoms with Crippen LogP contribution in [-0.2, 0) is 12.8 Å². The Hall–Kier alpha value is -1.70. The van der Waals surface area contributed by atoms with Gasteiger partial charge < -0.3 is 0 Å². The van der Waals surface area contributed by atoms with Gasteiger partial charge in [0.1, 0.15) is 5.01 Å². The second-order valence-corrected chi connectivity index (χ2v) is 7.64. The van der Waals surface area contributed by atoms with Gasteiger partial charge in [0.2, 0.25) is 0 Å². The van der Waals surface area contributed by atoms with Gasteiger partial charge in [-0.05, 0) is 31.4 Å².